The Hall–Kier alpha value is -1.97. The summed E-state index contributed by atoms with van der Waals surface area (Å²) in [6.45, 7) is 7.53. The van der Waals surface area contributed by atoms with Crippen molar-refractivity contribution in [3.63, 3.8) is 0 Å². The van der Waals surface area contributed by atoms with Crippen LogP contribution in [-0.2, 0) is 13.5 Å². The summed E-state index contributed by atoms with van der Waals surface area (Å²) in [5, 5.41) is 4.34. The fraction of sp³-hybridized carbons (Fsp3) is 0.412. The van der Waals surface area contributed by atoms with Gasteiger partial charge in [-0.05, 0) is 56.9 Å². The van der Waals surface area contributed by atoms with Crippen molar-refractivity contribution in [1.29, 1.82) is 0 Å². The number of benzene rings is 1. The molecule has 0 aliphatic rings. The Bertz CT molecular complexity index is 678. The summed E-state index contributed by atoms with van der Waals surface area (Å²) in [7, 11) is 1.89. The molecular weight excluding hydrogens is 267 g/mol. The molecule has 0 saturated carbocycles. The van der Waals surface area contributed by atoms with Gasteiger partial charge in [0, 0.05) is 19.2 Å². The van der Waals surface area contributed by atoms with Gasteiger partial charge < -0.3 is 0 Å². The lowest BCUT2D eigenvalue weighted by Gasteiger charge is -2.08. The number of carbonyl (C=O) groups excluding carboxylic acids is 1. The molecule has 0 N–H and O–H groups in total. The molecule has 0 fully saturated rings. The van der Waals surface area contributed by atoms with E-state index in [9.17, 15) is 9.18 Å². The quantitative estimate of drug-likeness (QED) is 0.806. The van der Waals surface area contributed by atoms with Crippen LogP contribution in [0.15, 0.2) is 12.1 Å². The van der Waals surface area contributed by atoms with E-state index in [2.05, 4.69) is 5.10 Å². The highest BCUT2D eigenvalue weighted by molar-refractivity contribution is 5.97. The number of carbonyl (C=O) groups is 1. The minimum Gasteiger partial charge on any atom is -0.294 e. The van der Waals surface area contributed by atoms with Gasteiger partial charge in [-0.3, -0.25) is 9.48 Å². The number of aryl methyl sites for hydroxylation is 4. The highest BCUT2D eigenvalue weighted by Crippen LogP contribution is 2.20. The fourth-order valence-electron chi connectivity index (χ4n) is 2.81. The summed E-state index contributed by atoms with van der Waals surface area (Å²) in [4.78, 5) is 12.3. The van der Waals surface area contributed by atoms with Gasteiger partial charge in [-0.1, -0.05) is 6.07 Å². The molecule has 0 bridgehead atoms. The summed E-state index contributed by atoms with van der Waals surface area (Å²) in [6, 6.07) is 3.26. The van der Waals surface area contributed by atoms with Gasteiger partial charge in [0.05, 0.1) is 11.3 Å². The summed E-state index contributed by atoms with van der Waals surface area (Å²) >= 11 is 0. The van der Waals surface area contributed by atoms with Crippen LogP contribution in [0, 0.1) is 33.5 Å². The molecule has 1 aromatic carbocycles. The largest absolute Gasteiger partial charge is 0.294 e. The molecule has 0 saturated heterocycles. The van der Waals surface area contributed by atoms with Crippen molar-refractivity contribution in [2.24, 2.45) is 7.05 Å². The molecule has 0 spiro atoms. The Labute approximate surface area is 124 Å². The molecular formula is C17H21FN2O. The zero-order valence-corrected chi connectivity index (χ0v) is 13.2. The van der Waals surface area contributed by atoms with Crippen LogP contribution in [0.4, 0.5) is 4.39 Å². The summed E-state index contributed by atoms with van der Waals surface area (Å²) < 4.78 is 15.8. The minimum atomic E-state index is -0.419. The van der Waals surface area contributed by atoms with Crippen molar-refractivity contribution < 1.29 is 9.18 Å². The van der Waals surface area contributed by atoms with Gasteiger partial charge in [0.25, 0.3) is 0 Å². The lowest BCUT2D eigenvalue weighted by atomic mass is 9.97. The fourth-order valence-corrected chi connectivity index (χ4v) is 2.81. The SMILES string of the molecule is Cc1cc(C)c(C(=O)CCc2c(C)nn(C)c2C)c(F)c1. The number of ketones is 1. The van der Waals surface area contributed by atoms with E-state index in [0.29, 0.717) is 18.4 Å². The zero-order valence-electron chi connectivity index (χ0n) is 13.2. The van der Waals surface area contributed by atoms with Crippen LogP contribution in [0.1, 0.15) is 44.9 Å². The van der Waals surface area contributed by atoms with Crippen LogP contribution >= 0.6 is 0 Å². The Morgan fingerprint density at radius 2 is 1.90 bits per heavy atom. The average Bonchev–Trinajstić information content (AvgIpc) is 2.60. The molecule has 0 unspecified atom stereocenters. The third-order valence-electron chi connectivity index (χ3n) is 3.97. The smallest absolute Gasteiger partial charge is 0.166 e. The van der Waals surface area contributed by atoms with Gasteiger partial charge in [0.2, 0.25) is 0 Å². The van der Waals surface area contributed by atoms with E-state index in [1.54, 1.807) is 6.92 Å². The van der Waals surface area contributed by atoms with Crippen LogP contribution in [0.25, 0.3) is 0 Å². The van der Waals surface area contributed by atoms with Gasteiger partial charge in [0.1, 0.15) is 5.82 Å². The molecule has 1 heterocycles. The molecule has 2 aromatic rings. The van der Waals surface area contributed by atoms with Crippen molar-refractivity contribution in [2.45, 2.75) is 40.5 Å². The second-order valence-corrected chi connectivity index (χ2v) is 5.63. The highest BCUT2D eigenvalue weighted by Gasteiger charge is 2.17. The molecule has 21 heavy (non-hydrogen) atoms. The van der Waals surface area contributed by atoms with Crippen LogP contribution in [0.2, 0.25) is 0 Å². The first kappa shape index (κ1) is 15.4. The number of rotatable bonds is 4. The van der Waals surface area contributed by atoms with Crippen LogP contribution in [-0.4, -0.2) is 15.6 Å². The first-order valence-electron chi connectivity index (χ1n) is 7.10. The van der Waals surface area contributed by atoms with E-state index in [0.717, 1.165) is 22.5 Å². The molecule has 0 aliphatic heterocycles. The number of Topliss-reactive ketones (excluding diaryl/α,β-unsaturated/α-hetero) is 1. The Balaban J connectivity index is 2.20. The normalized spacial score (nSPS) is 11.0. The highest BCUT2D eigenvalue weighted by atomic mass is 19.1. The zero-order chi connectivity index (χ0) is 15.7. The Kier molecular flexibility index (Phi) is 4.26. The maximum Gasteiger partial charge on any atom is 0.166 e. The number of hydrogen-bond acceptors (Lipinski definition) is 2. The second kappa shape index (κ2) is 5.80. The van der Waals surface area contributed by atoms with Gasteiger partial charge in [0.15, 0.2) is 5.78 Å². The molecule has 0 radical (unpaired) electrons. The number of nitrogens with zero attached hydrogens (tertiary/aromatic N) is 2. The molecule has 112 valence electrons. The van der Waals surface area contributed by atoms with E-state index in [4.69, 9.17) is 0 Å². The van der Waals surface area contributed by atoms with Gasteiger partial charge in [-0.25, -0.2) is 4.39 Å². The first-order chi connectivity index (χ1) is 9.81. The van der Waals surface area contributed by atoms with Crippen LogP contribution in [0.5, 0.6) is 0 Å². The van der Waals surface area contributed by atoms with E-state index in [1.807, 2.05) is 38.6 Å². The topological polar surface area (TPSA) is 34.9 Å². The number of aromatic nitrogens is 2. The maximum atomic E-state index is 14.0. The van der Waals surface area contributed by atoms with Gasteiger partial charge in [-0.15, -0.1) is 0 Å². The Morgan fingerprint density at radius 3 is 2.43 bits per heavy atom. The van der Waals surface area contributed by atoms with Crippen LogP contribution in [0.3, 0.4) is 0 Å². The van der Waals surface area contributed by atoms with E-state index < -0.39 is 5.82 Å². The standard InChI is InChI=1S/C17H21FN2O/c1-10-8-11(2)17(15(18)9-10)16(21)7-6-14-12(3)19-20(5)13(14)4/h8-9H,6-7H2,1-5H3. The van der Waals surface area contributed by atoms with Gasteiger partial charge in [-0.2, -0.15) is 5.10 Å². The predicted molar refractivity (Wildman–Crippen MR) is 81.2 cm³/mol. The molecule has 3 nitrogen and oxygen atoms in total. The summed E-state index contributed by atoms with van der Waals surface area (Å²) in [6.07, 6.45) is 0.894. The molecule has 0 aliphatic carbocycles. The third kappa shape index (κ3) is 3.04. The van der Waals surface area contributed by atoms with Crippen molar-refractivity contribution >= 4 is 5.78 Å². The van der Waals surface area contributed by atoms with E-state index in [-0.39, 0.29) is 11.3 Å². The summed E-state index contributed by atoms with van der Waals surface area (Å²) in [5.41, 5.74) is 4.83. The molecule has 0 amide bonds. The molecule has 4 heteroatoms. The molecule has 0 atom stereocenters. The lowest BCUT2D eigenvalue weighted by molar-refractivity contribution is 0.0978. The van der Waals surface area contributed by atoms with Crippen LogP contribution < -0.4 is 0 Å². The molecule has 2 rings (SSSR count). The maximum absolute atomic E-state index is 14.0. The van der Waals surface area contributed by atoms with Crippen molar-refractivity contribution in [3.05, 3.63) is 51.6 Å². The summed E-state index contributed by atoms with van der Waals surface area (Å²) in [5.74, 6) is -0.565. The number of halogens is 1. The number of hydrogen-bond donors (Lipinski definition) is 0. The van der Waals surface area contributed by atoms with Gasteiger partial charge >= 0.3 is 0 Å². The predicted octanol–water partition coefficient (Wildman–Crippen LogP) is 3.61. The Morgan fingerprint density at radius 1 is 1.24 bits per heavy atom. The second-order valence-electron chi connectivity index (χ2n) is 5.63. The molecule has 1 aromatic heterocycles. The van der Waals surface area contributed by atoms with Crippen molar-refractivity contribution in [3.8, 4) is 0 Å². The monoisotopic (exact) mass is 288 g/mol. The minimum absolute atomic E-state index is 0.146. The van der Waals surface area contributed by atoms with Crippen molar-refractivity contribution in [1.82, 2.24) is 9.78 Å². The average molecular weight is 288 g/mol. The lowest BCUT2D eigenvalue weighted by Crippen LogP contribution is -2.08. The van der Waals surface area contributed by atoms with E-state index in [1.165, 1.54) is 6.07 Å². The first-order valence-corrected chi connectivity index (χ1v) is 7.10. The van der Waals surface area contributed by atoms with E-state index >= 15 is 0 Å². The van der Waals surface area contributed by atoms with Crippen molar-refractivity contribution in [2.75, 3.05) is 0 Å². The third-order valence-corrected chi connectivity index (χ3v) is 3.97.